The maximum absolute atomic E-state index is 13.9. The zero-order chi connectivity index (χ0) is 20.1. The molecule has 0 N–H and O–H groups in total. The molecule has 1 aromatic carbocycles. The third kappa shape index (κ3) is 3.52. The van der Waals surface area contributed by atoms with Gasteiger partial charge in [0.2, 0.25) is 0 Å². The molecule has 1 aliphatic carbocycles. The lowest BCUT2D eigenvalue weighted by molar-refractivity contribution is 0.299. The Labute approximate surface area is 161 Å². The maximum Gasteiger partial charge on any atom is 0.258 e. The number of nitrogens with zero attached hydrogens (tertiary/aromatic N) is 2. The number of sulfone groups is 1. The molecule has 3 aromatic rings. The van der Waals surface area contributed by atoms with Crippen molar-refractivity contribution >= 4 is 20.6 Å². The van der Waals surface area contributed by atoms with Gasteiger partial charge in [-0.05, 0) is 48.4 Å². The zero-order valence-electron chi connectivity index (χ0n) is 15.5. The van der Waals surface area contributed by atoms with Gasteiger partial charge in [-0.3, -0.25) is 4.79 Å². The van der Waals surface area contributed by atoms with Crippen LogP contribution in [0.15, 0.2) is 46.5 Å². The summed E-state index contributed by atoms with van der Waals surface area (Å²) in [5.74, 6) is 0.403. The van der Waals surface area contributed by atoms with Gasteiger partial charge in [-0.25, -0.2) is 17.8 Å². The Bertz CT molecular complexity index is 1250. The highest BCUT2D eigenvalue weighted by Crippen LogP contribution is 2.37. The first-order chi connectivity index (χ1) is 13.2. The Morgan fingerprint density at radius 1 is 1.21 bits per heavy atom. The largest absolute Gasteiger partial charge is 0.491 e. The molecule has 4 rings (SSSR count). The summed E-state index contributed by atoms with van der Waals surface area (Å²) in [7, 11) is -1.96. The smallest absolute Gasteiger partial charge is 0.258 e. The summed E-state index contributed by atoms with van der Waals surface area (Å²) in [5, 5.41) is 0.622. The average molecular weight is 402 g/mol. The Hall–Kier alpha value is -2.74. The van der Waals surface area contributed by atoms with E-state index in [1.807, 2.05) is 0 Å². The van der Waals surface area contributed by atoms with Crippen LogP contribution in [-0.4, -0.2) is 30.8 Å². The van der Waals surface area contributed by atoms with Crippen LogP contribution >= 0.6 is 0 Å². The fourth-order valence-electron chi connectivity index (χ4n) is 3.10. The first-order valence-electron chi connectivity index (χ1n) is 8.86. The van der Waals surface area contributed by atoms with E-state index in [-0.39, 0.29) is 10.6 Å². The maximum atomic E-state index is 13.9. The van der Waals surface area contributed by atoms with Gasteiger partial charge in [-0.1, -0.05) is 0 Å². The van der Waals surface area contributed by atoms with E-state index in [1.165, 1.54) is 35.0 Å². The summed E-state index contributed by atoms with van der Waals surface area (Å²) < 4.78 is 45.3. The molecule has 0 atom stereocenters. The molecular formula is C20H19FN2O4S. The van der Waals surface area contributed by atoms with Crippen molar-refractivity contribution in [2.75, 3.05) is 12.9 Å². The third-order valence-electron chi connectivity index (χ3n) is 4.83. The first kappa shape index (κ1) is 18.6. The molecule has 1 saturated carbocycles. The minimum Gasteiger partial charge on any atom is -0.491 e. The normalized spacial score (nSPS) is 14.4. The van der Waals surface area contributed by atoms with E-state index in [9.17, 15) is 17.6 Å². The van der Waals surface area contributed by atoms with Crippen LogP contribution in [0.3, 0.4) is 0 Å². The topological polar surface area (TPSA) is 78.3 Å². The molecule has 8 heteroatoms. The lowest BCUT2D eigenvalue weighted by atomic mass is 10.0. The van der Waals surface area contributed by atoms with Crippen LogP contribution in [0.25, 0.3) is 21.9 Å². The fraction of sp³-hybridized carbons (Fsp3) is 0.300. The van der Waals surface area contributed by atoms with Gasteiger partial charge in [0.25, 0.3) is 5.56 Å². The Balaban J connectivity index is 1.99. The number of pyridine rings is 2. The first-order valence-corrected chi connectivity index (χ1v) is 10.8. The van der Waals surface area contributed by atoms with E-state index in [0.717, 1.165) is 19.1 Å². The second-order valence-corrected chi connectivity index (χ2v) is 9.16. The average Bonchev–Trinajstić information content (AvgIpc) is 3.46. The van der Waals surface area contributed by atoms with Crippen LogP contribution in [0, 0.1) is 11.7 Å². The van der Waals surface area contributed by atoms with Crippen molar-refractivity contribution < 1.29 is 17.5 Å². The molecule has 1 aliphatic rings. The molecule has 0 saturated heterocycles. The molecule has 6 nitrogen and oxygen atoms in total. The number of hydrogen-bond donors (Lipinski definition) is 0. The molecule has 0 spiro atoms. The number of ether oxygens (including phenoxy) is 1. The predicted molar refractivity (Wildman–Crippen MR) is 104 cm³/mol. The highest BCUT2D eigenvalue weighted by molar-refractivity contribution is 7.90. The second-order valence-electron chi connectivity index (χ2n) is 7.19. The summed E-state index contributed by atoms with van der Waals surface area (Å²) >= 11 is 0. The van der Waals surface area contributed by atoms with Crippen molar-refractivity contribution in [2.45, 2.75) is 17.9 Å². The van der Waals surface area contributed by atoms with Gasteiger partial charge in [-0.15, -0.1) is 0 Å². The summed E-state index contributed by atoms with van der Waals surface area (Å²) in [5.41, 5.74) is 0.702. The van der Waals surface area contributed by atoms with Crippen molar-refractivity contribution in [1.82, 2.24) is 9.55 Å². The number of halogens is 1. The summed E-state index contributed by atoms with van der Waals surface area (Å²) in [6.07, 6.45) is 6.21. The fourth-order valence-corrected chi connectivity index (χ4v) is 3.67. The Kier molecular flexibility index (Phi) is 4.45. The van der Waals surface area contributed by atoms with E-state index in [0.29, 0.717) is 40.2 Å². The van der Waals surface area contributed by atoms with Crippen LogP contribution in [0.5, 0.6) is 5.75 Å². The molecule has 28 heavy (non-hydrogen) atoms. The molecule has 0 aliphatic heterocycles. The van der Waals surface area contributed by atoms with Gasteiger partial charge < -0.3 is 9.30 Å². The van der Waals surface area contributed by atoms with Crippen LogP contribution in [-0.2, 0) is 16.9 Å². The minimum atomic E-state index is -3.56. The van der Waals surface area contributed by atoms with Crippen molar-refractivity contribution in [1.29, 1.82) is 0 Å². The standard InChI is InChI=1S/C20H19FN2O4S/c1-23-10-17(15-7-13(21)5-6-14(15)20(23)24)16-8-19(28(2,25)26)22-9-18(16)27-11-12-3-4-12/h5-10,12H,3-4,11H2,1-2H3. The quantitative estimate of drug-likeness (QED) is 0.656. The third-order valence-corrected chi connectivity index (χ3v) is 5.81. The molecule has 0 radical (unpaired) electrons. The van der Waals surface area contributed by atoms with Crippen molar-refractivity contribution in [2.24, 2.45) is 13.0 Å². The highest BCUT2D eigenvalue weighted by Gasteiger charge is 2.24. The number of aromatic nitrogens is 2. The number of hydrogen-bond acceptors (Lipinski definition) is 5. The van der Waals surface area contributed by atoms with E-state index in [2.05, 4.69) is 4.98 Å². The van der Waals surface area contributed by atoms with Crippen LogP contribution in [0.4, 0.5) is 4.39 Å². The van der Waals surface area contributed by atoms with Gasteiger partial charge in [0, 0.05) is 36.0 Å². The monoisotopic (exact) mass is 402 g/mol. The molecule has 2 aromatic heterocycles. The predicted octanol–water partition coefficient (Wildman–Crippen LogP) is 2.93. The lowest BCUT2D eigenvalue weighted by Crippen LogP contribution is -2.17. The minimum absolute atomic E-state index is 0.111. The highest BCUT2D eigenvalue weighted by atomic mass is 32.2. The van der Waals surface area contributed by atoms with Crippen molar-refractivity contribution in [3.63, 3.8) is 0 Å². The van der Waals surface area contributed by atoms with Gasteiger partial charge in [0.1, 0.15) is 11.6 Å². The zero-order valence-corrected chi connectivity index (χ0v) is 16.3. The lowest BCUT2D eigenvalue weighted by Gasteiger charge is -2.15. The van der Waals surface area contributed by atoms with Gasteiger partial charge >= 0.3 is 0 Å². The van der Waals surface area contributed by atoms with Crippen LogP contribution in [0.1, 0.15) is 12.8 Å². The molecule has 2 heterocycles. The number of rotatable bonds is 5. The van der Waals surface area contributed by atoms with Crippen LogP contribution in [0.2, 0.25) is 0 Å². The summed E-state index contributed by atoms with van der Waals surface area (Å²) in [4.78, 5) is 16.5. The van der Waals surface area contributed by atoms with Gasteiger partial charge in [-0.2, -0.15) is 0 Å². The van der Waals surface area contributed by atoms with Crippen molar-refractivity contribution in [3.8, 4) is 16.9 Å². The number of aryl methyl sites for hydroxylation is 1. The van der Waals surface area contributed by atoms with Gasteiger partial charge in [0.15, 0.2) is 14.9 Å². The van der Waals surface area contributed by atoms with E-state index >= 15 is 0 Å². The van der Waals surface area contributed by atoms with Crippen LogP contribution < -0.4 is 10.3 Å². The molecule has 0 unspecified atom stereocenters. The number of fused-ring (bicyclic) bond motifs is 1. The Morgan fingerprint density at radius 3 is 2.64 bits per heavy atom. The summed E-state index contributed by atoms with van der Waals surface area (Å²) in [6, 6.07) is 5.35. The molecular weight excluding hydrogens is 383 g/mol. The van der Waals surface area contributed by atoms with Gasteiger partial charge in [0.05, 0.1) is 12.8 Å². The molecule has 146 valence electrons. The van der Waals surface area contributed by atoms with E-state index in [1.54, 1.807) is 13.2 Å². The molecule has 1 fully saturated rings. The molecule has 0 amide bonds. The summed E-state index contributed by atoms with van der Waals surface area (Å²) in [6.45, 7) is 0.505. The van der Waals surface area contributed by atoms with E-state index < -0.39 is 15.7 Å². The second kappa shape index (κ2) is 6.70. The van der Waals surface area contributed by atoms with Crippen molar-refractivity contribution in [3.05, 3.63) is 52.8 Å². The number of benzene rings is 1. The molecule has 0 bridgehead atoms. The SMILES string of the molecule is Cn1cc(-c2cc(S(C)(=O)=O)ncc2OCC2CC2)c2cc(F)ccc2c1=O. The van der Waals surface area contributed by atoms with E-state index in [4.69, 9.17) is 4.74 Å². The Morgan fingerprint density at radius 2 is 1.96 bits per heavy atom.